The Morgan fingerprint density at radius 3 is 2.63 bits per heavy atom. The molecule has 1 N–H and O–H groups in total. The molecular formula is C13H13N3O2S. The molecule has 1 aromatic carbocycles. The van der Waals surface area contributed by atoms with Crippen LogP contribution in [0.15, 0.2) is 29.2 Å². The van der Waals surface area contributed by atoms with Crippen LogP contribution in [-0.2, 0) is 10.0 Å². The Labute approximate surface area is 112 Å². The van der Waals surface area contributed by atoms with E-state index in [0.29, 0.717) is 12.8 Å². The van der Waals surface area contributed by atoms with Crippen LogP contribution in [0.5, 0.6) is 0 Å². The number of hydrogen-bond acceptors (Lipinski definition) is 4. The van der Waals surface area contributed by atoms with Crippen LogP contribution in [0, 0.1) is 28.6 Å². The molecule has 1 aliphatic carbocycles. The summed E-state index contributed by atoms with van der Waals surface area (Å²) in [5.41, 5.74) is 0.113. The maximum atomic E-state index is 12.3. The van der Waals surface area contributed by atoms with Gasteiger partial charge < -0.3 is 0 Å². The lowest BCUT2D eigenvalue weighted by molar-refractivity contribution is 0.515. The van der Waals surface area contributed by atoms with Crippen molar-refractivity contribution >= 4 is 10.0 Å². The Morgan fingerprint density at radius 1 is 1.21 bits per heavy atom. The van der Waals surface area contributed by atoms with E-state index in [0.717, 1.165) is 6.42 Å². The van der Waals surface area contributed by atoms with Crippen molar-refractivity contribution in [1.29, 1.82) is 10.5 Å². The fourth-order valence-corrected chi connectivity index (χ4v) is 3.78. The molecular weight excluding hydrogens is 262 g/mol. The van der Waals surface area contributed by atoms with Crippen LogP contribution in [-0.4, -0.2) is 14.5 Å². The van der Waals surface area contributed by atoms with Crippen molar-refractivity contribution in [1.82, 2.24) is 4.72 Å². The van der Waals surface area contributed by atoms with Gasteiger partial charge in [-0.25, -0.2) is 13.1 Å². The lowest BCUT2D eigenvalue weighted by Gasteiger charge is -2.16. The number of nitriles is 2. The Hall–Kier alpha value is -1.89. The lowest BCUT2D eigenvalue weighted by Crippen LogP contribution is -2.37. The van der Waals surface area contributed by atoms with Gasteiger partial charge in [-0.15, -0.1) is 0 Å². The first-order valence-corrected chi connectivity index (χ1v) is 7.48. The molecule has 1 saturated carbocycles. The van der Waals surface area contributed by atoms with E-state index in [1.54, 1.807) is 12.1 Å². The van der Waals surface area contributed by atoms with E-state index in [1.807, 2.05) is 6.07 Å². The van der Waals surface area contributed by atoms with Gasteiger partial charge in [0.2, 0.25) is 10.0 Å². The zero-order chi connectivity index (χ0) is 13.9. The number of sulfonamides is 1. The lowest BCUT2D eigenvalue weighted by atomic mass is 10.1. The molecule has 2 atom stereocenters. The summed E-state index contributed by atoms with van der Waals surface area (Å²) in [6, 6.07) is 9.69. The molecule has 2 unspecified atom stereocenters. The van der Waals surface area contributed by atoms with Gasteiger partial charge in [-0.05, 0) is 25.0 Å². The summed E-state index contributed by atoms with van der Waals surface area (Å²) in [6.45, 7) is 0. The highest BCUT2D eigenvalue weighted by Gasteiger charge is 2.31. The predicted molar refractivity (Wildman–Crippen MR) is 68.2 cm³/mol. The van der Waals surface area contributed by atoms with E-state index in [9.17, 15) is 8.42 Å². The zero-order valence-corrected chi connectivity index (χ0v) is 11.0. The molecule has 6 heteroatoms. The standard InChI is InChI=1S/C13H13N3O2S/c14-8-10-5-3-6-12(10)16-19(17,18)13-7-2-1-4-11(13)9-15/h1-2,4,7,10,12,16H,3,5-6H2. The summed E-state index contributed by atoms with van der Waals surface area (Å²) < 4.78 is 27.1. The van der Waals surface area contributed by atoms with E-state index >= 15 is 0 Å². The van der Waals surface area contributed by atoms with Crippen LogP contribution in [0.3, 0.4) is 0 Å². The predicted octanol–water partition coefficient (Wildman–Crippen LogP) is 1.53. The average Bonchev–Trinajstić information content (AvgIpc) is 2.85. The molecule has 0 amide bonds. The molecule has 5 nitrogen and oxygen atoms in total. The van der Waals surface area contributed by atoms with Crippen LogP contribution >= 0.6 is 0 Å². The van der Waals surface area contributed by atoms with Gasteiger partial charge in [-0.3, -0.25) is 0 Å². The van der Waals surface area contributed by atoms with Crippen LogP contribution in [0.2, 0.25) is 0 Å². The Morgan fingerprint density at radius 2 is 1.95 bits per heavy atom. The second-order valence-corrected chi connectivity index (χ2v) is 6.18. The van der Waals surface area contributed by atoms with Crippen LogP contribution in [0.1, 0.15) is 24.8 Å². The number of benzene rings is 1. The molecule has 2 rings (SSSR count). The summed E-state index contributed by atoms with van der Waals surface area (Å²) in [5.74, 6) is -0.288. The quantitative estimate of drug-likeness (QED) is 0.905. The second-order valence-electron chi connectivity index (χ2n) is 4.50. The van der Waals surface area contributed by atoms with Gasteiger partial charge in [0.1, 0.15) is 6.07 Å². The van der Waals surface area contributed by atoms with Crippen molar-refractivity contribution in [3.63, 3.8) is 0 Å². The van der Waals surface area contributed by atoms with E-state index < -0.39 is 10.0 Å². The largest absolute Gasteiger partial charge is 0.242 e. The van der Waals surface area contributed by atoms with Crippen molar-refractivity contribution in [3.05, 3.63) is 29.8 Å². The molecule has 19 heavy (non-hydrogen) atoms. The Bertz CT molecular complexity index is 655. The number of nitrogens with one attached hydrogen (secondary N) is 1. The topological polar surface area (TPSA) is 93.8 Å². The van der Waals surface area contributed by atoms with Gasteiger partial charge in [0.25, 0.3) is 0 Å². The fraction of sp³-hybridized carbons (Fsp3) is 0.385. The highest BCUT2D eigenvalue weighted by Crippen LogP contribution is 2.26. The summed E-state index contributed by atoms with van der Waals surface area (Å²) >= 11 is 0. The normalized spacial score (nSPS) is 22.6. The monoisotopic (exact) mass is 275 g/mol. The highest BCUT2D eigenvalue weighted by atomic mass is 32.2. The van der Waals surface area contributed by atoms with Gasteiger partial charge in [0.05, 0.1) is 22.4 Å². The summed E-state index contributed by atoms with van der Waals surface area (Å²) in [6.07, 6.45) is 2.21. The zero-order valence-electron chi connectivity index (χ0n) is 10.2. The highest BCUT2D eigenvalue weighted by molar-refractivity contribution is 7.89. The first-order chi connectivity index (χ1) is 9.08. The summed E-state index contributed by atoms with van der Waals surface area (Å²) in [7, 11) is -3.75. The van der Waals surface area contributed by atoms with Gasteiger partial charge in [0, 0.05) is 6.04 Å². The van der Waals surface area contributed by atoms with Crippen molar-refractivity contribution in [2.75, 3.05) is 0 Å². The summed E-state index contributed by atoms with van der Waals surface area (Å²) in [4.78, 5) is -0.0268. The third-order valence-corrected chi connectivity index (χ3v) is 4.83. The van der Waals surface area contributed by atoms with Gasteiger partial charge in [-0.1, -0.05) is 18.6 Å². The van der Waals surface area contributed by atoms with Crippen molar-refractivity contribution < 1.29 is 8.42 Å². The molecule has 0 spiro atoms. The van der Waals surface area contributed by atoms with E-state index in [1.165, 1.54) is 12.1 Å². The second kappa shape index (κ2) is 5.40. The molecule has 1 aromatic rings. The van der Waals surface area contributed by atoms with Gasteiger partial charge in [-0.2, -0.15) is 10.5 Å². The number of hydrogen-bond donors (Lipinski definition) is 1. The molecule has 0 heterocycles. The molecule has 0 saturated heterocycles. The molecule has 1 aliphatic rings. The van der Waals surface area contributed by atoms with Crippen molar-refractivity contribution in [2.45, 2.75) is 30.2 Å². The fourth-order valence-electron chi connectivity index (χ4n) is 2.31. The Kier molecular flexibility index (Phi) is 3.84. The average molecular weight is 275 g/mol. The molecule has 98 valence electrons. The van der Waals surface area contributed by atoms with E-state index in [4.69, 9.17) is 10.5 Å². The third kappa shape index (κ3) is 2.76. The van der Waals surface area contributed by atoms with Gasteiger partial charge >= 0.3 is 0 Å². The first-order valence-electron chi connectivity index (χ1n) is 5.99. The molecule has 0 radical (unpaired) electrons. The van der Waals surface area contributed by atoms with Crippen molar-refractivity contribution in [2.24, 2.45) is 5.92 Å². The SMILES string of the molecule is N#Cc1ccccc1S(=O)(=O)NC1CCCC1C#N. The maximum Gasteiger partial charge on any atom is 0.242 e. The first kappa shape index (κ1) is 13.5. The minimum absolute atomic E-state index is 0.0268. The molecule has 1 fully saturated rings. The van der Waals surface area contributed by atoms with E-state index in [-0.39, 0.29) is 22.4 Å². The minimum atomic E-state index is -3.75. The maximum absolute atomic E-state index is 12.3. The Balaban J connectivity index is 2.29. The van der Waals surface area contributed by atoms with Crippen molar-refractivity contribution in [3.8, 4) is 12.1 Å². The number of rotatable bonds is 3. The van der Waals surface area contributed by atoms with E-state index in [2.05, 4.69) is 10.8 Å². The van der Waals surface area contributed by atoms with Crippen LogP contribution in [0.4, 0.5) is 0 Å². The molecule has 0 aliphatic heterocycles. The van der Waals surface area contributed by atoms with Gasteiger partial charge in [0.15, 0.2) is 0 Å². The minimum Gasteiger partial charge on any atom is -0.207 e. The van der Waals surface area contributed by atoms with Crippen LogP contribution < -0.4 is 4.72 Å². The molecule has 0 aromatic heterocycles. The molecule has 0 bridgehead atoms. The third-order valence-electron chi connectivity index (χ3n) is 3.29. The number of nitrogens with zero attached hydrogens (tertiary/aromatic N) is 2. The summed E-state index contributed by atoms with van der Waals surface area (Å²) in [5, 5.41) is 17.9. The van der Waals surface area contributed by atoms with Crippen LogP contribution in [0.25, 0.3) is 0 Å². The smallest absolute Gasteiger partial charge is 0.207 e.